The first-order valence-corrected chi connectivity index (χ1v) is 5.37. The largest absolute Gasteiger partial charge is 0.389 e. The predicted octanol–water partition coefficient (Wildman–Crippen LogP) is 2.26. The van der Waals surface area contributed by atoms with Gasteiger partial charge in [0.1, 0.15) is 0 Å². The van der Waals surface area contributed by atoms with Gasteiger partial charge in [-0.1, -0.05) is 20.8 Å². The van der Waals surface area contributed by atoms with Crippen molar-refractivity contribution in [2.75, 3.05) is 0 Å². The molecule has 0 aliphatic carbocycles. The van der Waals surface area contributed by atoms with Crippen molar-refractivity contribution in [3.8, 4) is 0 Å². The molecule has 15 heavy (non-hydrogen) atoms. The molecule has 0 saturated heterocycles. The van der Waals surface area contributed by atoms with Gasteiger partial charge in [-0.15, -0.1) is 0 Å². The monoisotopic (exact) mass is 210 g/mol. The normalized spacial score (nSPS) is 13.3. The van der Waals surface area contributed by atoms with Gasteiger partial charge in [-0.2, -0.15) is 5.10 Å². The van der Waals surface area contributed by atoms with Crippen molar-refractivity contribution in [1.82, 2.24) is 9.78 Å². The molecule has 1 rings (SSSR count). The molecule has 3 heteroatoms. The lowest BCUT2D eigenvalue weighted by Crippen LogP contribution is -2.27. The van der Waals surface area contributed by atoms with E-state index in [0.717, 1.165) is 11.4 Å². The summed E-state index contributed by atoms with van der Waals surface area (Å²) in [5.41, 5.74) is 1.52. The highest BCUT2D eigenvalue weighted by atomic mass is 16.3. The Morgan fingerprint density at radius 2 is 1.80 bits per heavy atom. The Labute approximate surface area is 92.1 Å². The van der Waals surface area contributed by atoms with E-state index in [-0.39, 0.29) is 5.41 Å². The minimum atomic E-state index is -0.716. The molecule has 1 aromatic rings. The van der Waals surface area contributed by atoms with Crippen LogP contribution in [0.25, 0.3) is 0 Å². The van der Waals surface area contributed by atoms with Crippen LogP contribution in [0.4, 0.5) is 0 Å². The van der Waals surface area contributed by atoms with Crippen LogP contribution in [0, 0.1) is 6.92 Å². The Morgan fingerprint density at radius 1 is 1.27 bits per heavy atom. The summed E-state index contributed by atoms with van der Waals surface area (Å²) in [4.78, 5) is 0. The van der Waals surface area contributed by atoms with Crippen LogP contribution >= 0.6 is 0 Å². The van der Waals surface area contributed by atoms with E-state index in [1.54, 1.807) is 13.8 Å². The summed E-state index contributed by atoms with van der Waals surface area (Å²) >= 11 is 0. The molecule has 0 fully saturated rings. The molecule has 0 aliphatic heterocycles. The summed E-state index contributed by atoms with van der Waals surface area (Å²) in [6, 6.07) is 2.09. The lowest BCUT2D eigenvalue weighted by Gasteiger charge is -2.18. The molecule has 0 atom stereocenters. The second kappa shape index (κ2) is 3.63. The zero-order valence-electron chi connectivity index (χ0n) is 10.6. The molecule has 0 aromatic carbocycles. The van der Waals surface area contributed by atoms with E-state index in [1.807, 2.05) is 11.6 Å². The number of hydrogen-bond donors (Lipinski definition) is 1. The zero-order chi connectivity index (χ0) is 11.9. The molecule has 1 N–H and O–H groups in total. The van der Waals surface area contributed by atoms with Gasteiger partial charge >= 0.3 is 0 Å². The number of hydrogen-bond acceptors (Lipinski definition) is 2. The Hall–Kier alpha value is -0.830. The van der Waals surface area contributed by atoms with Crippen LogP contribution in [-0.4, -0.2) is 20.5 Å². The van der Waals surface area contributed by atoms with E-state index in [1.165, 1.54) is 0 Å². The van der Waals surface area contributed by atoms with Crippen LogP contribution in [-0.2, 0) is 12.0 Å². The highest BCUT2D eigenvalue weighted by molar-refractivity contribution is 5.16. The van der Waals surface area contributed by atoms with Crippen molar-refractivity contribution in [2.45, 2.75) is 59.1 Å². The molecule has 0 aliphatic rings. The van der Waals surface area contributed by atoms with E-state index in [9.17, 15) is 5.11 Å². The molecule has 3 nitrogen and oxygen atoms in total. The van der Waals surface area contributed by atoms with Crippen LogP contribution in [0.3, 0.4) is 0 Å². The average Bonchev–Trinajstić information content (AvgIpc) is 2.27. The topological polar surface area (TPSA) is 38.0 Å². The lowest BCUT2D eigenvalue weighted by atomic mass is 9.92. The minimum absolute atomic E-state index is 0.0651. The number of aromatic nitrogens is 2. The summed E-state index contributed by atoms with van der Waals surface area (Å²) in [5, 5.41) is 14.3. The molecule has 0 amide bonds. The molecule has 1 heterocycles. The summed E-state index contributed by atoms with van der Waals surface area (Å²) in [6.07, 6.45) is 0. The molecule has 0 spiro atoms. The van der Waals surface area contributed by atoms with E-state index in [4.69, 9.17) is 0 Å². The number of rotatable bonds is 2. The quantitative estimate of drug-likeness (QED) is 0.813. The highest BCUT2D eigenvalue weighted by Crippen LogP contribution is 2.22. The van der Waals surface area contributed by atoms with Gasteiger partial charge in [0.25, 0.3) is 0 Å². The fourth-order valence-electron chi connectivity index (χ4n) is 1.40. The van der Waals surface area contributed by atoms with Gasteiger partial charge in [-0.3, -0.25) is 4.68 Å². The van der Waals surface area contributed by atoms with Crippen molar-refractivity contribution >= 4 is 0 Å². The lowest BCUT2D eigenvalue weighted by molar-refractivity contribution is 0.0568. The molecule has 0 bridgehead atoms. The third-order valence-electron chi connectivity index (χ3n) is 2.29. The first-order valence-electron chi connectivity index (χ1n) is 5.37. The first kappa shape index (κ1) is 12.2. The van der Waals surface area contributed by atoms with Crippen molar-refractivity contribution in [3.63, 3.8) is 0 Å². The van der Waals surface area contributed by atoms with Gasteiger partial charge < -0.3 is 5.11 Å². The van der Waals surface area contributed by atoms with E-state index < -0.39 is 5.60 Å². The standard InChI is InChI=1S/C12H22N2O/c1-9-7-10(11(2,3)4)13-14(9)8-12(5,6)15/h7,15H,8H2,1-6H3. The van der Waals surface area contributed by atoms with Crippen molar-refractivity contribution in [1.29, 1.82) is 0 Å². The molecule has 0 radical (unpaired) electrons. The van der Waals surface area contributed by atoms with Crippen LogP contribution in [0.1, 0.15) is 46.0 Å². The molecule has 1 aromatic heterocycles. The summed E-state index contributed by atoms with van der Waals surface area (Å²) in [7, 11) is 0. The van der Waals surface area contributed by atoms with Gasteiger partial charge in [-0.05, 0) is 26.8 Å². The summed E-state index contributed by atoms with van der Waals surface area (Å²) in [5.74, 6) is 0. The number of aryl methyl sites for hydroxylation is 1. The third kappa shape index (κ3) is 3.34. The van der Waals surface area contributed by atoms with Crippen LogP contribution in [0.2, 0.25) is 0 Å². The zero-order valence-corrected chi connectivity index (χ0v) is 10.6. The Kier molecular flexibility index (Phi) is 2.97. The van der Waals surface area contributed by atoms with Gasteiger partial charge in [0.05, 0.1) is 17.8 Å². The molecule has 0 saturated carbocycles. The summed E-state index contributed by atoms with van der Waals surface area (Å²) in [6.45, 7) is 12.6. The maximum Gasteiger partial charge on any atom is 0.0786 e. The fraction of sp³-hybridized carbons (Fsp3) is 0.750. The molecular weight excluding hydrogens is 188 g/mol. The smallest absolute Gasteiger partial charge is 0.0786 e. The first-order chi connectivity index (χ1) is 6.59. The average molecular weight is 210 g/mol. The maximum absolute atomic E-state index is 9.75. The van der Waals surface area contributed by atoms with Crippen molar-refractivity contribution in [3.05, 3.63) is 17.5 Å². The second-order valence-electron chi connectivity index (χ2n) is 5.89. The fourth-order valence-corrected chi connectivity index (χ4v) is 1.40. The predicted molar refractivity (Wildman–Crippen MR) is 62.0 cm³/mol. The number of nitrogens with zero attached hydrogens (tertiary/aromatic N) is 2. The van der Waals surface area contributed by atoms with Crippen molar-refractivity contribution in [2.24, 2.45) is 0 Å². The van der Waals surface area contributed by atoms with Crippen molar-refractivity contribution < 1.29 is 5.11 Å². The van der Waals surface area contributed by atoms with Gasteiger partial charge in [0.15, 0.2) is 0 Å². The molecule has 0 unspecified atom stereocenters. The van der Waals surface area contributed by atoms with Gasteiger partial charge in [-0.25, -0.2) is 0 Å². The number of aliphatic hydroxyl groups is 1. The van der Waals surface area contributed by atoms with Gasteiger partial charge in [0.2, 0.25) is 0 Å². The highest BCUT2D eigenvalue weighted by Gasteiger charge is 2.21. The molecule has 86 valence electrons. The SMILES string of the molecule is Cc1cc(C(C)(C)C)nn1CC(C)(C)O. The third-order valence-corrected chi connectivity index (χ3v) is 2.29. The summed E-state index contributed by atoms with van der Waals surface area (Å²) < 4.78 is 1.88. The van der Waals surface area contributed by atoms with Crippen LogP contribution in [0.15, 0.2) is 6.07 Å². The van der Waals surface area contributed by atoms with Crippen LogP contribution < -0.4 is 0 Å². The Morgan fingerprint density at radius 3 is 2.13 bits per heavy atom. The molecular formula is C12H22N2O. The second-order valence-corrected chi connectivity index (χ2v) is 5.89. The Bertz CT molecular complexity index is 339. The van der Waals surface area contributed by atoms with E-state index in [2.05, 4.69) is 31.9 Å². The Balaban J connectivity index is 2.97. The van der Waals surface area contributed by atoms with E-state index >= 15 is 0 Å². The maximum atomic E-state index is 9.75. The van der Waals surface area contributed by atoms with Crippen LogP contribution in [0.5, 0.6) is 0 Å². The van der Waals surface area contributed by atoms with E-state index in [0.29, 0.717) is 6.54 Å². The van der Waals surface area contributed by atoms with Gasteiger partial charge in [0, 0.05) is 11.1 Å². The minimum Gasteiger partial charge on any atom is -0.389 e.